The van der Waals surface area contributed by atoms with Crippen LogP contribution >= 0.6 is 12.4 Å². The minimum atomic E-state index is -0.344. The number of methoxy groups -OCH3 is 1. The Morgan fingerprint density at radius 1 is 1.17 bits per heavy atom. The molecule has 2 heterocycles. The summed E-state index contributed by atoms with van der Waals surface area (Å²) in [6, 6.07) is 13.3. The van der Waals surface area contributed by atoms with Gasteiger partial charge in [-0.3, -0.25) is 9.63 Å². The minimum absolute atomic E-state index is 0. The summed E-state index contributed by atoms with van der Waals surface area (Å²) in [6.07, 6.45) is 2.46. The Balaban J connectivity index is 0.00000300. The highest BCUT2D eigenvalue weighted by molar-refractivity contribution is 5.92. The first-order chi connectivity index (χ1) is 13.6. The molecule has 2 N–H and O–H groups in total. The van der Waals surface area contributed by atoms with Crippen molar-refractivity contribution in [3.05, 3.63) is 59.9 Å². The average Bonchev–Trinajstić information content (AvgIpc) is 3.19. The number of nitrogens with two attached hydrogens (primary N) is 1. The molecule has 8 nitrogen and oxygen atoms in total. The van der Waals surface area contributed by atoms with Crippen LogP contribution in [0.2, 0.25) is 0 Å². The third kappa shape index (κ3) is 4.92. The van der Waals surface area contributed by atoms with Crippen molar-refractivity contribution in [3.63, 3.8) is 0 Å². The summed E-state index contributed by atoms with van der Waals surface area (Å²) < 4.78 is 6.80. The topological polar surface area (TPSA) is 95.5 Å². The number of pyridine rings is 1. The Morgan fingerprint density at radius 3 is 2.45 bits per heavy atom. The second-order valence-electron chi connectivity index (χ2n) is 6.11. The monoisotopic (exact) mass is 417 g/mol. The van der Waals surface area contributed by atoms with Crippen LogP contribution in [0.25, 0.3) is 16.9 Å². The van der Waals surface area contributed by atoms with E-state index in [9.17, 15) is 4.79 Å². The first kappa shape index (κ1) is 22.4. The number of hydrogen-bond acceptors (Lipinski definition) is 6. The van der Waals surface area contributed by atoms with Crippen molar-refractivity contribution in [1.29, 1.82) is 0 Å². The van der Waals surface area contributed by atoms with Crippen LogP contribution in [0.15, 0.2) is 48.7 Å². The molecule has 2 aromatic heterocycles. The zero-order valence-corrected chi connectivity index (χ0v) is 17.3. The van der Waals surface area contributed by atoms with Gasteiger partial charge in [0.1, 0.15) is 0 Å². The lowest BCUT2D eigenvalue weighted by atomic mass is 10.1. The Hall–Kier alpha value is -2.94. The predicted octanol–water partition coefficient (Wildman–Crippen LogP) is 2.50. The second kappa shape index (κ2) is 10.0. The number of aromatic nitrogens is 3. The fraction of sp³-hybridized carbons (Fsp3) is 0.250. The summed E-state index contributed by atoms with van der Waals surface area (Å²) in [4.78, 5) is 21.7. The van der Waals surface area contributed by atoms with Crippen LogP contribution in [0, 0.1) is 0 Å². The normalized spacial score (nSPS) is 10.3. The van der Waals surface area contributed by atoms with Crippen LogP contribution < -0.4 is 10.5 Å². The molecule has 0 atom stereocenters. The number of carbonyl (C=O) groups excluding carboxylic acids is 1. The molecule has 0 bridgehead atoms. The molecule has 3 aromatic rings. The first-order valence-corrected chi connectivity index (χ1v) is 8.79. The van der Waals surface area contributed by atoms with Gasteiger partial charge in [0.15, 0.2) is 5.69 Å². The SMILES string of the molecule is COc1ccc(-n2nc(C(=O)N(C)OC)cc2-c2ccc(CCN)cc2)cn1.Cl. The molecule has 1 aromatic carbocycles. The molecule has 0 radical (unpaired) electrons. The van der Waals surface area contributed by atoms with E-state index in [0.29, 0.717) is 18.1 Å². The van der Waals surface area contributed by atoms with E-state index in [4.69, 9.17) is 15.3 Å². The Labute approximate surface area is 175 Å². The molecule has 0 saturated heterocycles. The molecule has 0 aliphatic carbocycles. The maximum Gasteiger partial charge on any atom is 0.297 e. The molecule has 154 valence electrons. The lowest BCUT2D eigenvalue weighted by molar-refractivity contribution is -0.0760. The maximum atomic E-state index is 12.5. The van der Waals surface area contributed by atoms with Gasteiger partial charge in [0.05, 0.1) is 31.8 Å². The number of hydroxylamine groups is 2. The van der Waals surface area contributed by atoms with Gasteiger partial charge in [0.25, 0.3) is 5.91 Å². The van der Waals surface area contributed by atoms with Crippen molar-refractivity contribution >= 4 is 18.3 Å². The molecule has 29 heavy (non-hydrogen) atoms. The third-order valence-electron chi connectivity index (χ3n) is 4.35. The zero-order valence-electron chi connectivity index (χ0n) is 16.5. The number of rotatable bonds is 7. The molecule has 0 aliphatic rings. The van der Waals surface area contributed by atoms with E-state index in [-0.39, 0.29) is 24.0 Å². The van der Waals surface area contributed by atoms with Gasteiger partial charge in [0.2, 0.25) is 5.88 Å². The van der Waals surface area contributed by atoms with Gasteiger partial charge in [-0.2, -0.15) is 5.10 Å². The largest absolute Gasteiger partial charge is 0.481 e. The highest BCUT2D eigenvalue weighted by atomic mass is 35.5. The van der Waals surface area contributed by atoms with Crippen molar-refractivity contribution in [1.82, 2.24) is 19.8 Å². The minimum Gasteiger partial charge on any atom is -0.481 e. The van der Waals surface area contributed by atoms with Crippen LogP contribution in [0.5, 0.6) is 5.88 Å². The summed E-state index contributed by atoms with van der Waals surface area (Å²) in [7, 11) is 4.53. The van der Waals surface area contributed by atoms with Gasteiger partial charge in [-0.15, -0.1) is 12.4 Å². The van der Waals surface area contributed by atoms with Gasteiger partial charge in [-0.05, 0) is 30.7 Å². The van der Waals surface area contributed by atoms with Crippen LogP contribution in [0.3, 0.4) is 0 Å². The molecule has 1 amide bonds. The van der Waals surface area contributed by atoms with Crippen LogP contribution in [-0.4, -0.2) is 53.5 Å². The van der Waals surface area contributed by atoms with Crippen molar-refractivity contribution in [2.45, 2.75) is 6.42 Å². The molecule has 0 aliphatic heterocycles. The van der Waals surface area contributed by atoms with E-state index in [0.717, 1.165) is 28.3 Å². The standard InChI is InChI=1S/C20H23N5O3.ClH/c1-24(28-3)20(26)17-12-18(15-6-4-14(5-7-15)10-11-21)25(23-17)16-8-9-19(27-2)22-13-16;/h4-9,12-13H,10-11,21H2,1-3H3;1H. The number of halogens is 1. The second-order valence-corrected chi connectivity index (χ2v) is 6.11. The van der Waals surface area contributed by atoms with E-state index in [1.165, 1.54) is 14.2 Å². The van der Waals surface area contributed by atoms with Gasteiger partial charge in [0, 0.05) is 18.7 Å². The Kier molecular flexibility index (Phi) is 7.72. The van der Waals surface area contributed by atoms with Gasteiger partial charge >= 0.3 is 0 Å². The van der Waals surface area contributed by atoms with Crippen molar-refractivity contribution in [2.24, 2.45) is 5.73 Å². The van der Waals surface area contributed by atoms with Gasteiger partial charge < -0.3 is 10.5 Å². The molecule has 0 spiro atoms. The van der Waals surface area contributed by atoms with Crippen molar-refractivity contribution in [3.8, 4) is 22.8 Å². The van der Waals surface area contributed by atoms with E-state index < -0.39 is 0 Å². The average molecular weight is 418 g/mol. The number of nitrogens with zero attached hydrogens (tertiary/aromatic N) is 4. The smallest absolute Gasteiger partial charge is 0.297 e. The molecule has 0 fully saturated rings. The Morgan fingerprint density at radius 2 is 1.90 bits per heavy atom. The fourth-order valence-corrected chi connectivity index (χ4v) is 2.76. The van der Waals surface area contributed by atoms with E-state index in [1.807, 2.05) is 30.3 Å². The molecule has 0 saturated carbocycles. The molecule has 0 unspecified atom stereocenters. The number of hydrogen-bond donors (Lipinski definition) is 1. The summed E-state index contributed by atoms with van der Waals surface area (Å²) in [5.41, 5.74) is 9.43. The molecule has 9 heteroatoms. The lowest BCUT2D eigenvalue weighted by Gasteiger charge is -2.11. The summed E-state index contributed by atoms with van der Waals surface area (Å²) in [5, 5.41) is 5.62. The third-order valence-corrected chi connectivity index (χ3v) is 4.35. The van der Waals surface area contributed by atoms with E-state index in [2.05, 4.69) is 10.1 Å². The number of benzene rings is 1. The van der Waals surface area contributed by atoms with Gasteiger partial charge in [-0.25, -0.2) is 14.7 Å². The summed E-state index contributed by atoms with van der Waals surface area (Å²) >= 11 is 0. The quantitative estimate of drug-likeness (QED) is 0.593. The summed E-state index contributed by atoms with van der Waals surface area (Å²) in [5.74, 6) is 0.155. The molecular weight excluding hydrogens is 394 g/mol. The predicted molar refractivity (Wildman–Crippen MR) is 112 cm³/mol. The van der Waals surface area contributed by atoms with Crippen molar-refractivity contribution in [2.75, 3.05) is 27.8 Å². The summed E-state index contributed by atoms with van der Waals surface area (Å²) in [6.45, 7) is 0.594. The first-order valence-electron chi connectivity index (χ1n) is 8.79. The van der Waals surface area contributed by atoms with E-state index in [1.54, 1.807) is 30.1 Å². The van der Waals surface area contributed by atoms with Crippen LogP contribution in [-0.2, 0) is 11.3 Å². The molecule has 3 rings (SSSR count). The number of carbonyl (C=O) groups is 1. The zero-order chi connectivity index (χ0) is 20.1. The maximum absolute atomic E-state index is 12.5. The van der Waals surface area contributed by atoms with Crippen LogP contribution in [0.4, 0.5) is 0 Å². The lowest BCUT2D eigenvalue weighted by Crippen LogP contribution is -2.25. The van der Waals surface area contributed by atoms with E-state index >= 15 is 0 Å². The number of amides is 1. The number of ether oxygens (including phenoxy) is 1. The Bertz CT molecular complexity index is 942. The van der Waals surface area contributed by atoms with Gasteiger partial charge in [-0.1, -0.05) is 24.3 Å². The van der Waals surface area contributed by atoms with Crippen molar-refractivity contribution < 1.29 is 14.4 Å². The molecular formula is C20H24ClN5O3. The fourth-order valence-electron chi connectivity index (χ4n) is 2.76. The highest BCUT2D eigenvalue weighted by Gasteiger charge is 2.20. The van der Waals surface area contributed by atoms with Crippen LogP contribution in [0.1, 0.15) is 16.1 Å². The highest BCUT2D eigenvalue weighted by Crippen LogP contribution is 2.25.